The third-order valence-electron chi connectivity index (χ3n) is 3.92. The number of hydrogen-bond acceptors (Lipinski definition) is 4. The molecule has 0 saturated carbocycles. The minimum absolute atomic E-state index is 0.0698. The Morgan fingerprint density at radius 3 is 2.68 bits per heavy atom. The van der Waals surface area contributed by atoms with Crippen LogP contribution in [0.5, 0.6) is 0 Å². The summed E-state index contributed by atoms with van der Waals surface area (Å²) >= 11 is 6.02. The van der Waals surface area contributed by atoms with Gasteiger partial charge in [0.25, 0.3) is 0 Å². The maximum Gasteiger partial charge on any atom is 0.235 e. The van der Waals surface area contributed by atoms with Gasteiger partial charge in [0.2, 0.25) is 10.0 Å². The van der Waals surface area contributed by atoms with E-state index in [1.54, 1.807) is 25.3 Å². The number of benzene rings is 1. The second kappa shape index (κ2) is 7.64. The van der Waals surface area contributed by atoms with Crippen molar-refractivity contribution in [2.24, 2.45) is 5.92 Å². The maximum atomic E-state index is 12.3. The molecule has 0 aliphatic carbocycles. The smallest absolute Gasteiger partial charge is 0.235 e. The number of rotatable bonds is 6. The van der Waals surface area contributed by atoms with Gasteiger partial charge in [0, 0.05) is 31.0 Å². The zero-order valence-corrected chi connectivity index (χ0v) is 14.4. The van der Waals surface area contributed by atoms with Gasteiger partial charge >= 0.3 is 0 Å². The van der Waals surface area contributed by atoms with Gasteiger partial charge in [-0.2, -0.15) is 0 Å². The zero-order valence-electron chi connectivity index (χ0n) is 12.8. The lowest BCUT2D eigenvalue weighted by molar-refractivity contribution is -0.00318. The summed E-state index contributed by atoms with van der Waals surface area (Å²) in [6.07, 6.45) is 1.32. The number of sulfonamides is 1. The number of nitrogens with one attached hydrogen (secondary N) is 1. The normalized spacial score (nSPS) is 18.1. The molecule has 1 heterocycles. The summed E-state index contributed by atoms with van der Waals surface area (Å²) in [5, 5.41) is 0.535. The minimum atomic E-state index is -3.50. The van der Waals surface area contributed by atoms with E-state index in [9.17, 15) is 8.42 Å². The molecule has 1 aromatic carbocycles. The number of halogens is 1. The summed E-state index contributed by atoms with van der Waals surface area (Å²) in [5.41, 5.74) is 1.37. The van der Waals surface area contributed by atoms with Crippen LogP contribution in [0.2, 0.25) is 5.02 Å². The standard InChI is InChI=1S/C15H22ClNO4S/c1-11-3-4-13(9-14(11)16)17-22(18,19)10-15(20-2)12-5-7-21-8-6-12/h3-4,9,12,15,17H,5-8,10H2,1-2H3. The zero-order chi connectivity index (χ0) is 16.2. The first-order chi connectivity index (χ1) is 10.4. The van der Waals surface area contributed by atoms with Crippen molar-refractivity contribution in [2.75, 3.05) is 30.8 Å². The second-order valence-corrected chi connectivity index (χ2v) is 7.75. The third-order valence-corrected chi connectivity index (χ3v) is 5.64. The molecule has 1 atom stereocenters. The van der Waals surface area contributed by atoms with E-state index in [-0.39, 0.29) is 17.8 Å². The van der Waals surface area contributed by atoms with Gasteiger partial charge in [-0.15, -0.1) is 0 Å². The van der Waals surface area contributed by atoms with Crippen LogP contribution < -0.4 is 4.72 Å². The Hall–Kier alpha value is -0.820. The van der Waals surface area contributed by atoms with Crippen molar-refractivity contribution in [3.8, 4) is 0 Å². The van der Waals surface area contributed by atoms with Crippen molar-refractivity contribution < 1.29 is 17.9 Å². The SMILES string of the molecule is COC(CS(=O)(=O)Nc1ccc(C)c(Cl)c1)C1CCOCC1. The molecule has 124 valence electrons. The number of methoxy groups -OCH3 is 1. The lowest BCUT2D eigenvalue weighted by atomic mass is 9.95. The van der Waals surface area contributed by atoms with Crippen LogP contribution >= 0.6 is 11.6 Å². The molecule has 5 nitrogen and oxygen atoms in total. The average Bonchev–Trinajstić information content (AvgIpc) is 2.49. The molecule has 7 heteroatoms. The summed E-state index contributed by atoms with van der Waals surface area (Å²) in [4.78, 5) is 0. The van der Waals surface area contributed by atoms with Crippen LogP contribution in [0.3, 0.4) is 0 Å². The lowest BCUT2D eigenvalue weighted by Gasteiger charge is -2.29. The van der Waals surface area contributed by atoms with Crippen molar-refractivity contribution in [1.29, 1.82) is 0 Å². The molecule has 0 spiro atoms. The van der Waals surface area contributed by atoms with Crippen LogP contribution in [0.4, 0.5) is 5.69 Å². The quantitative estimate of drug-likeness (QED) is 0.859. The van der Waals surface area contributed by atoms with Crippen LogP contribution in [0.15, 0.2) is 18.2 Å². The Bertz CT molecular complexity index is 600. The van der Waals surface area contributed by atoms with Crippen molar-refractivity contribution in [1.82, 2.24) is 0 Å². The number of ether oxygens (including phenoxy) is 2. The minimum Gasteiger partial charge on any atom is -0.381 e. The van der Waals surface area contributed by atoms with Crippen molar-refractivity contribution >= 4 is 27.3 Å². The van der Waals surface area contributed by atoms with E-state index in [0.29, 0.717) is 23.9 Å². The highest BCUT2D eigenvalue weighted by Gasteiger charge is 2.28. The molecule has 1 N–H and O–H groups in total. The third kappa shape index (κ3) is 4.84. The van der Waals surface area contributed by atoms with E-state index >= 15 is 0 Å². The topological polar surface area (TPSA) is 64.6 Å². The number of anilines is 1. The van der Waals surface area contributed by atoms with E-state index in [4.69, 9.17) is 21.1 Å². The molecule has 1 aliphatic rings. The molecule has 1 aliphatic heterocycles. The fraction of sp³-hybridized carbons (Fsp3) is 0.600. The lowest BCUT2D eigenvalue weighted by Crippen LogP contribution is -2.36. The van der Waals surface area contributed by atoms with Gasteiger partial charge in [-0.05, 0) is 43.4 Å². The van der Waals surface area contributed by atoms with Gasteiger partial charge in [0.1, 0.15) is 0 Å². The highest BCUT2D eigenvalue weighted by atomic mass is 35.5. The molecule has 1 unspecified atom stereocenters. The molecule has 2 rings (SSSR count). The average molecular weight is 348 g/mol. The van der Waals surface area contributed by atoms with Crippen molar-refractivity contribution in [3.05, 3.63) is 28.8 Å². The van der Waals surface area contributed by atoms with Crippen LogP contribution in [-0.4, -0.2) is 40.6 Å². The molecule has 1 aromatic rings. The monoisotopic (exact) mass is 347 g/mol. The molecule has 0 amide bonds. The number of aryl methyl sites for hydroxylation is 1. The summed E-state index contributed by atoms with van der Waals surface area (Å²) in [6, 6.07) is 5.10. The Kier molecular flexibility index (Phi) is 6.09. The summed E-state index contributed by atoms with van der Waals surface area (Å²) in [6.45, 7) is 3.18. The first-order valence-corrected chi connectivity index (χ1v) is 9.31. The second-order valence-electron chi connectivity index (χ2n) is 5.57. The van der Waals surface area contributed by atoms with E-state index in [2.05, 4.69) is 4.72 Å². The summed E-state index contributed by atoms with van der Waals surface area (Å²) < 4.78 is 38.0. The fourth-order valence-corrected chi connectivity index (χ4v) is 4.17. The fourth-order valence-electron chi connectivity index (χ4n) is 2.58. The van der Waals surface area contributed by atoms with Crippen molar-refractivity contribution in [2.45, 2.75) is 25.9 Å². The van der Waals surface area contributed by atoms with Crippen LogP contribution in [-0.2, 0) is 19.5 Å². The Morgan fingerprint density at radius 2 is 2.09 bits per heavy atom. The predicted molar refractivity (Wildman–Crippen MR) is 87.9 cm³/mol. The van der Waals surface area contributed by atoms with Gasteiger partial charge in [0.15, 0.2) is 0 Å². The predicted octanol–water partition coefficient (Wildman–Crippen LogP) is 2.83. The molecule has 0 bridgehead atoms. The Labute approximate surface area is 137 Å². The van der Waals surface area contributed by atoms with Crippen molar-refractivity contribution in [3.63, 3.8) is 0 Å². The summed E-state index contributed by atoms with van der Waals surface area (Å²) in [7, 11) is -1.95. The molecule has 0 radical (unpaired) electrons. The molecule has 0 aromatic heterocycles. The molecule has 22 heavy (non-hydrogen) atoms. The first kappa shape index (κ1) is 17.5. The van der Waals surface area contributed by atoms with E-state index in [1.807, 2.05) is 6.92 Å². The first-order valence-electron chi connectivity index (χ1n) is 7.28. The van der Waals surface area contributed by atoms with Crippen LogP contribution in [0.25, 0.3) is 0 Å². The van der Waals surface area contributed by atoms with E-state index in [0.717, 1.165) is 18.4 Å². The highest BCUT2D eigenvalue weighted by Crippen LogP contribution is 2.24. The van der Waals surface area contributed by atoms with Crippen LogP contribution in [0.1, 0.15) is 18.4 Å². The molecule has 1 saturated heterocycles. The maximum absolute atomic E-state index is 12.3. The molecule has 1 fully saturated rings. The van der Waals surface area contributed by atoms with Gasteiger partial charge < -0.3 is 9.47 Å². The Balaban J connectivity index is 2.03. The van der Waals surface area contributed by atoms with Gasteiger partial charge in [-0.1, -0.05) is 17.7 Å². The largest absolute Gasteiger partial charge is 0.381 e. The van der Waals surface area contributed by atoms with Gasteiger partial charge in [-0.3, -0.25) is 4.72 Å². The highest BCUT2D eigenvalue weighted by molar-refractivity contribution is 7.92. The molecular formula is C15H22ClNO4S. The van der Waals surface area contributed by atoms with E-state index < -0.39 is 10.0 Å². The molecular weight excluding hydrogens is 326 g/mol. The Morgan fingerprint density at radius 1 is 1.41 bits per heavy atom. The van der Waals surface area contributed by atoms with Gasteiger partial charge in [-0.25, -0.2) is 8.42 Å². The van der Waals surface area contributed by atoms with Gasteiger partial charge in [0.05, 0.1) is 11.9 Å². The summed E-state index contributed by atoms with van der Waals surface area (Å²) in [5.74, 6) is 0.136. The number of hydrogen-bond donors (Lipinski definition) is 1. The van der Waals surface area contributed by atoms with Crippen LogP contribution in [0, 0.1) is 12.8 Å². The van der Waals surface area contributed by atoms with E-state index in [1.165, 1.54) is 0 Å².